The van der Waals surface area contributed by atoms with E-state index in [1.165, 1.54) is 0 Å². The highest BCUT2D eigenvalue weighted by atomic mass is 79.9. The van der Waals surface area contributed by atoms with Crippen LogP contribution in [0.5, 0.6) is 0 Å². The van der Waals surface area contributed by atoms with Gasteiger partial charge in [-0.25, -0.2) is 0 Å². The zero-order valence-corrected chi connectivity index (χ0v) is 12.3. The first-order valence-electron chi connectivity index (χ1n) is 5.60. The quantitative estimate of drug-likeness (QED) is 0.843. The van der Waals surface area contributed by atoms with E-state index in [4.69, 9.17) is 0 Å². The Hall–Kier alpha value is -1.36. The van der Waals surface area contributed by atoms with Crippen LogP contribution in [0.3, 0.4) is 0 Å². The minimum Gasteiger partial charge on any atom is -0.326 e. The molecule has 98 valence electrons. The van der Waals surface area contributed by atoms with Crippen LogP contribution < -0.4 is 10.6 Å². The molecule has 0 aliphatic carbocycles. The number of rotatable bonds is 3. The summed E-state index contributed by atoms with van der Waals surface area (Å²) in [5.41, 5.74) is 0.989. The number of hydrogen-bond acceptors (Lipinski definition) is 2. The van der Waals surface area contributed by atoms with Crippen LogP contribution in [0.4, 0.5) is 11.4 Å². The molecule has 0 saturated carbocycles. The molecule has 0 heterocycles. The van der Waals surface area contributed by atoms with Crippen molar-refractivity contribution in [3.8, 4) is 0 Å². The zero-order valence-electron chi connectivity index (χ0n) is 10.7. The molecule has 4 nitrogen and oxygen atoms in total. The maximum Gasteiger partial charge on any atom is 0.235 e. The zero-order chi connectivity index (χ0) is 13.8. The first-order valence-corrected chi connectivity index (χ1v) is 6.72. The lowest BCUT2D eigenvalue weighted by atomic mass is 9.95. The van der Waals surface area contributed by atoms with Crippen LogP contribution in [0.15, 0.2) is 24.3 Å². The lowest BCUT2D eigenvalue weighted by molar-refractivity contribution is -0.123. The Balaban J connectivity index is 2.66. The molecule has 18 heavy (non-hydrogen) atoms. The van der Waals surface area contributed by atoms with Gasteiger partial charge in [-0.2, -0.15) is 0 Å². The maximum atomic E-state index is 11.8. The molecular formula is C13H17BrN2O2. The van der Waals surface area contributed by atoms with Crippen molar-refractivity contribution in [3.05, 3.63) is 24.3 Å². The van der Waals surface area contributed by atoms with Gasteiger partial charge in [0.25, 0.3) is 0 Å². The van der Waals surface area contributed by atoms with Crippen LogP contribution in [-0.2, 0) is 9.59 Å². The fourth-order valence-corrected chi connectivity index (χ4v) is 1.29. The van der Waals surface area contributed by atoms with E-state index in [0.717, 1.165) is 0 Å². The smallest absolute Gasteiger partial charge is 0.235 e. The summed E-state index contributed by atoms with van der Waals surface area (Å²) in [6.07, 6.45) is 0. The summed E-state index contributed by atoms with van der Waals surface area (Å²) in [4.78, 5) is 22.9. The highest BCUT2D eigenvalue weighted by molar-refractivity contribution is 9.09. The largest absolute Gasteiger partial charge is 0.326 e. The van der Waals surface area contributed by atoms with Crippen molar-refractivity contribution in [1.82, 2.24) is 0 Å². The third-order valence-corrected chi connectivity index (χ3v) is 2.74. The van der Waals surface area contributed by atoms with Crippen molar-refractivity contribution < 1.29 is 9.59 Å². The average molecular weight is 313 g/mol. The molecule has 5 heteroatoms. The normalized spacial score (nSPS) is 10.9. The Bertz CT molecular complexity index is 435. The third kappa shape index (κ3) is 4.49. The number of carbonyl (C=O) groups excluding carboxylic acids is 2. The van der Waals surface area contributed by atoms with Crippen LogP contribution in [0.2, 0.25) is 0 Å². The molecular weight excluding hydrogens is 296 g/mol. The molecule has 0 atom stereocenters. The summed E-state index contributed by atoms with van der Waals surface area (Å²) in [6.45, 7) is 5.56. The Morgan fingerprint density at radius 1 is 1.06 bits per heavy atom. The first-order chi connectivity index (χ1) is 8.32. The molecule has 0 aromatic heterocycles. The molecule has 2 amide bonds. The lowest BCUT2D eigenvalue weighted by Gasteiger charge is -2.17. The van der Waals surface area contributed by atoms with Gasteiger partial charge in [-0.15, -0.1) is 0 Å². The van der Waals surface area contributed by atoms with Gasteiger partial charge < -0.3 is 10.6 Å². The summed E-state index contributed by atoms with van der Waals surface area (Å²) < 4.78 is 0. The number of carbonyl (C=O) groups is 2. The monoisotopic (exact) mass is 312 g/mol. The second-order valence-electron chi connectivity index (χ2n) is 4.96. The summed E-state index contributed by atoms with van der Waals surface area (Å²) >= 11 is 3.07. The van der Waals surface area contributed by atoms with Gasteiger partial charge >= 0.3 is 0 Å². The van der Waals surface area contributed by atoms with Crippen LogP contribution in [0, 0.1) is 5.41 Å². The van der Waals surface area contributed by atoms with Crippen LogP contribution in [-0.4, -0.2) is 17.1 Å². The predicted octanol–water partition coefficient (Wildman–Crippen LogP) is 3.00. The van der Waals surface area contributed by atoms with Gasteiger partial charge in [0.2, 0.25) is 11.8 Å². The summed E-state index contributed by atoms with van der Waals surface area (Å²) in [7, 11) is 0. The molecule has 1 aromatic rings. The van der Waals surface area contributed by atoms with Crippen LogP contribution in [0.1, 0.15) is 20.8 Å². The van der Waals surface area contributed by atoms with Crippen LogP contribution in [0.25, 0.3) is 0 Å². The molecule has 0 bridgehead atoms. The molecule has 0 fully saturated rings. The third-order valence-electron chi connectivity index (χ3n) is 2.23. The van der Waals surface area contributed by atoms with Crippen molar-refractivity contribution in [2.75, 3.05) is 16.0 Å². The van der Waals surface area contributed by atoms with Crippen molar-refractivity contribution in [2.24, 2.45) is 5.41 Å². The molecule has 0 unspecified atom stereocenters. The Kier molecular flexibility index (Phi) is 4.90. The second-order valence-corrected chi connectivity index (χ2v) is 5.52. The second kappa shape index (κ2) is 6.00. The number of anilines is 2. The van der Waals surface area contributed by atoms with Crippen molar-refractivity contribution in [1.29, 1.82) is 0 Å². The van der Waals surface area contributed by atoms with Gasteiger partial charge in [-0.3, -0.25) is 9.59 Å². The number of halogens is 1. The van der Waals surface area contributed by atoms with Crippen molar-refractivity contribution >= 4 is 39.1 Å². The molecule has 1 rings (SSSR count). The Labute approximate surface area is 115 Å². The molecule has 0 spiro atoms. The molecule has 0 saturated heterocycles. The molecule has 0 aliphatic rings. The van der Waals surface area contributed by atoms with Gasteiger partial charge in [0.1, 0.15) is 0 Å². The van der Waals surface area contributed by atoms with E-state index < -0.39 is 5.41 Å². The van der Waals surface area contributed by atoms with Gasteiger partial charge in [0.15, 0.2) is 0 Å². The average Bonchev–Trinajstić information content (AvgIpc) is 2.30. The summed E-state index contributed by atoms with van der Waals surface area (Å²) in [5, 5.41) is 5.78. The Morgan fingerprint density at radius 2 is 1.50 bits per heavy atom. The number of benzene rings is 1. The van der Waals surface area contributed by atoms with E-state index in [0.29, 0.717) is 11.4 Å². The predicted molar refractivity (Wildman–Crippen MR) is 77.0 cm³/mol. The van der Waals surface area contributed by atoms with Crippen molar-refractivity contribution in [3.63, 3.8) is 0 Å². The van der Waals surface area contributed by atoms with Gasteiger partial charge in [0, 0.05) is 16.8 Å². The first kappa shape index (κ1) is 14.7. The molecule has 0 radical (unpaired) electrons. The molecule has 1 aromatic carbocycles. The number of nitrogens with one attached hydrogen (secondary N) is 2. The fourth-order valence-electron chi connectivity index (χ4n) is 1.15. The molecule has 0 aliphatic heterocycles. The van der Waals surface area contributed by atoms with Gasteiger partial charge in [0.05, 0.1) is 5.33 Å². The summed E-state index contributed by atoms with van der Waals surface area (Å²) in [6, 6.07) is 7.01. The molecule has 2 N–H and O–H groups in total. The van der Waals surface area contributed by atoms with E-state index in [9.17, 15) is 9.59 Å². The Morgan fingerprint density at radius 3 is 1.89 bits per heavy atom. The van der Waals surface area contributed by atoms with E-state index in [1.807, 2.05) is 20.8 Å². The van der Waals surface area contributed by atoms with Crippen LogP contribution >= 0.6 is 15.9 Å². The topological polar surface area (TPSA) is 58.2 Å². The van der Waals surface area contributed by atoms with Gasteiger partial charge in [-0.1, -0.05) is 36.7 Å². The number of amides is 2. The van der Waals surface area contributed by atoms with Gasteiger partial charge in [-0.05, 0) is 24.3 Å². The number of hydrogen-bond donors (Lipinski definition) is 2. The van der Waals surface area contributed by atoms with Crippen molar-refractivity contribution in [2.45, 2.75) is 20.8 Å². The van der Waals surface area contributed by atoms with E-state index >= 15 is 0 Å². The highest BCUT2D eigenvalue weighted by Crippen LogP contribution is 2.19. The van der Waals surface area contributed by atoms with E-state index in [-0.39, 0.29) is 17.1 Å². The highest BCUT2D eigenvalue weighted by Gasteiger charge is 2.20. The van der Waals surface area contributed by atoms with E-state index in [2.05, 4.69) is 26.6 Å². The fraction of sp³-hybridized carbons (Fsp3) is 0.385. The SMILES string of the molecule is CC(C)(C)C(=O)Nc1ccc(NC(=O)CBr)cc1. The number of alkyl halides is 1. The van der Waals surface area contributed by atoms with E-state index in [1.54, 1.807) is 24.3 Å². The standard InChI is InChI=1S/C13H17BrN2O2/c1-13(2,3)12(18)16-10-6-4-9(5-7-10)15-11(17)8-14/h4-7H,8H2,1-3H3,(H,15,17)(H,16,18). The minimum atomic E-state index is -0.428. The lowest BCUT2D eigenvalue weighted by Crippen LogP contribution is -2.27. The minimum absolute atomic E-state index is 0.0419. The maximum absolute atomic E-state index is 11.8. The summed E-state index contributed by atoms with van der Waals surface area (Å²) in [5.74, 6) is -0.152.